The maximum Gasteiger partial charge on any atom is 0.222 e. The van der Waals surface area contributed by atoms with Gasteiger partial charge in [-0.2, -0.15) is 0 Å². The van der Waals surface area contributed by atoms with Gasteiger partial charge in [0, 0.05) is 32.1 Å². The highest BCUT2D eigenvalue weighted by Crippen LogP contribution is 1.91. The number of nitrogens with one attached hydrogen (secondary N) is 1. The van der Waals surface area contributed by atoms with Gasteiger partial charge in [-0.1, -0.05) is 27.7 Å². The van der Waals surface area contributed by atoms with Crippen LogP contribution in [0.4, 0.5) is 0 Å². The Morgan fingerprint density at radius 1 is 1.00 bits per heavy atom. The zero-order valence-electron chi connectivity index (χ0n) is 14.3. The average molecular weight is 287 g/mol. The predicted octanol–water partition coefficient (Wildman–Crippen LogP) is 1.24. The summed E-state index contributed by atoms with van der Waals surface area (Å²) in [6.07, 6.45) is 0. The van der Waals surface area contributed by atoms with Crippen molar-refractivity contribution in [3.63, 3.8) is 0 Å². The van der Waals surface area contributed by atoms with E-state index in [0.717, 1.165) is 19.6 Å². The number of hydrogen-bond donors (Lipinski definition) is 1. The summed E-state index contributed by atoms with van der Waals surface area (Å²) in [4.78, 5) is 26.4. The number of carbonyl (C=O) groups is 2. The maximum absolute atomic E-state index is 11.3. The van der Waals surface area contributed by atoms with E-state index in [2.05, 4.69) is 10.2 Å². The topological polar surface area (TPSA) is 52.7 Å². The van der Waals surface area contributed by atoms with Crippen LogP contribution in [0.2, 0.25) is 0 Å². The summed E-state index contributed by atoms with van der Waals surface area (Å²) in [6.45, 7) is 13.1. The first kappa shape index (κ1) is 21.4. The van der Waals surface area contributed by atoms with Crippen molar-refractivity contribution in [2.75, 3.05) is 46.8 Å². The minimum absolute atomic E-state index is 0.0389. The number of amides is 1. The largest absolute Gasteiger partial charge is 0.355 e. The minimum Gasteiger partial charge on any atom is -0.355 e. The Morgan fingerprint density at radius 2 is 1.50 bits per heavy atom. The normalized spacial score (nSPS) is 10.5. The maximum atomic E-state index is 11.3. The molecule has 0 aliphatic carbocycles. The van der Waals surface area contributed by atoms with Gasteiger partial charge < -0.3 is 10.2 Å². The lowest BCUT2D eigenvalue weighted by Crippen LogP contribution is -2.38. The number of carbonyl (C=O) groups excluding carboxylic acids is 2. The second-order valence-corrected chi connectivity index (χ2v) is 5.19. The molecule has 120 valence electrons. The van der Waals surface area contributed by atoms with Crippen LogP contribution in [0.1, 0.15) is 34.6 Å². The van der Waals surface area contributed by atoms with Crippen molar-refractivity contribution in [2.24, 2.45) is 5.92 Å². The molecule has 0 aliphatic heterocycles. The number of nitrogens with zero attached hydrogens (tertiary/aromatic N) is 2. The molecule has 1 N–H and O–H groups in total. The molecule has 0 rings (SSSR count). The summed E-state index contributed by atoms with van der Waals surface area (Å²) in [7, 11) is 3.96. The molecule has 0 unspecified atom stereocenters. The average Bonchev–Trinajstić information content (AvgIpc) is 2.37. The van der Waals surface area contributed by atoms with Gasteiger partial charge in [0.05, 0.1) is 6.54 Å². The molecule has 0 bridgehead atoms. The molecule has 0 atom stereocenters. The Hall–Kier alpha value is -0.940. The molecule has 0 heterocycles. The van der Waals surface area contributed by atoms with Gasteiger partial charge in [-0.25, -0.2) is 0 Å². The van der Waals surface area contributed by atoms with Crippen LogP contribution in [0.25, 0.3) is 0 Å². The molecule has 0 saturated carbocycles. The molecule has 20 heavy (non-hydrogen) atoms. The van der Waals surface area contributed by atoms with Crippen LogP contribution in [-0.4, -0.2) is 68.3 Å². The van der Waals surface area contributed by atoms with E-state index in [9.17, 15) is 9.59 Å². The lowest BCUT2D eigenvalue weighted by atomic mass is 10.2. The van der Waals surface area contributed by atoms with Crippen molar-refractivity contribution >= 4 is 11.7 Å². The van der Waals surface area contributed by atoms with E-state index < -0.39 is 0 Å². The first-order valence-corrected chi connectivity index (χ1v) is 7.47. The van der Waals surface area contributed by atoms with Crippen molar-refractivity contribution in [2.45, 2.75) is 34.6 Å². The molecule has 0 radical (unpaired) electrons. The van der Waals surface area contributed by atoms with Gasteiger partial charge in [0.1, 0.15) is 5.78 Å². The van der Waals surface area contributed by atoms with Gasteiger partial charge >= 0.3 is 0 Å². The van der Waals surface area contributed by atoms with Gasteiger partial charge in [0.15, 0.2) is 0 Å². The minimum atomic E-state index is 0.0389. The molecule has 0 aromatic carbocycles. The molecule has 0 spiro atoms. The monoisotopic (exact) mass is 287 g/mol. The first-order valence-electron chi connectivity index (χ1n) is 7.47. The van der Waals surface area contributed by atoms with Crippen molar-refractivity contribution < 1.29 is 9.59 Å². The van der Waals surface area contributed by atoms with Crippen LogP contribution in [-0.2, 0) is 9.59 Å². The second kappa shape index (κ2) is 13.1. The Kier molecular flexibility index (Phi) is 14.0. The number of ketones is 1. The van der Waals surface area contributed by atoms with Crippen molar-refractivity contribution in [3.05, 3.63) is 0 Å². The van der Waals surface area contributed by atoms with E-state index >= 15 is 0 Å². The Morgan fingerprint density at radius 3 is 1.95 bits per heavy atom. The number of likely N-dealkylation sites (N-methyl/N-ethyl adjacent to an activating group) is 2. The number of rotatable bonds is 9. The molecule has 1 amide bonds. The van der Waals surface area contributed by atoms with Gasteiger partial charge in [0.2, 0.25) is 5.91 Å². The van der Waals surface area contributed by atoms with E-state index in [1.165, 1.54) is 0 Å². The van der Waals surface area contributed by atoms with Crippen LogP contribution in [0.5, 0.6) is 0 Å². The SMILES string of the molecule is CC.CC(=O)CN(C)CCN(C)CCNC(=O)C(C)C. The van der Waals surface area contributed by atoms with Crippen molar-refractivity contribution in [1.29, 1.82) is 0 Å². The van der Waals surface area contributed by atoms with Crippen LogP contribution < -0.4 is 5.32 Å². The molecule has 0 aromatic heterocycles. The number of Topliss-reactive ketones (excluding diaryl/α,β-unsaturated/α-hetero) is 1. The number of hydrogen-bond acceptors (Lipinski definition) is 4. The molecule has 5 heteroatoms. The second-order valence-electron chi connectivity index (χ2n) is 5.19. The fourth-order valence-electron chi connectivity index (χ4n) is 1.49. The van der Waals surface area contributed by atoms with E-state index in [1.807, 2.05) is 46.7 Å². The van der Waals surface area contributed by atoms with Gasteiger partial charge in [-0.05, 0) is 21.0 Å². The van der Waals surface area contributed by atoms with Gasteiger partial charge in [-0.3, -0.25) is 14.5 Å². The summed E-state index contributed by atoms with van der Waals surface area (Å²) in [6, 6.07) is 0. The molecule has 0 fully saturated rings. The fraction of sp³-hybridized carbons (Fsp3) is 0.867. The third kappa shape index (κ3) is 13.5. The van der Waals surface area contributed by atoms with E-state index in [1.54, 1.807) is 6.92 Å². The fourth-order valence-corrected chi connectivity index (χ4v) is 1.49. The predicted molar refractivity (Wildman–Crippen MR) is 84.9 cm³/mol. The highest BCUT2D eigenvalue weighted by Gasteiger charge is 2.07. The van der Waals surface area contributed by atoms with Gasteiger partial charge in [0.25, 0.3) is 0 Å². The highest BCUT2D eigenvalue weighted by molar-refractivity contribution is 5.78. The Bertz CT molecular complexity index is 268. The Labute approximate surface area is 124 Å². The molecular weight excluding hydrogens is 254 g/mol. The Balaban J connectivity index is 0. The van der Waals surface area contributed by atoms with Gasteiger partial charge in [-0.15, -0.1) is 0 Å². The summed E-state index contributed by atoms with van der Waals surface area (Å²) in [5, 5.41) is 2.88. The first-order chi connectivity index (χ1) is 9.32. The summed E-state index contributed by atoms with van der Waals surface area (Å²) >= 11 is 0. The quantitative estimate of drug-likeness (QED) is 0.693. The van der Waals surface area contributed by atoms with E-state index in [4.69, 9.17) is 0 Å². The zero-order valence-corrected chi connectivity index (χ0v) is 14.3. The van der Waals surface area contributed by atoms with Crippen molar-refractivity contribution in [1.82, 2.24) is 15.1 Å². The van der Waals surface area contributed by atoms with E-state index in [0.29, 0.717) is 13.1 Å². The van der Waals surface area contributed by atoms with Crippen LogP contribution in [0.3, 0.4) is 0 Å². The van der Waals surface area contributed by atoms with Crippen molar-refractivity contribution in [3.8, 4) is 0 Å². The lowest BCUT2D eigenvalue weighted by Gasteiger charge is -2.21. The zero-order chi connectivity index (χ0) is 16.1. The summed E-state index contributed by atoms with van der Waals surface area (Å²) < 4.78 is 0. The molecule has 0 saturated heterocycles. The summed E-state index contributed by atoms with van der Waals surface area (Å²) in [5.41, 5.74) is 0. The molecule has 5 nitrogen and oxygen atoms in total. The highest BCUT2D eigenvalue weighted by atomic mass is 16.1. The lowest BCUT2D eigenvalue weighted by molar-refractivity contribution is -0.124. The smallest absolute Gasteiger partial charge is 0.222 e. The third-order valence-electron chi connectivity index (χ3n) is 2.67. The van der Waals surface area contributed by atoms with Crippen LogP contribution in [0, 0.1) is 5.92 Å². The molecule has 0 aromatic rings. The molecular formula is C15H33N3O2. The summed E-state index contributed by atoms with van der Waals surface area (Å²) in [5.74, 6) is 0.318. The van der Waals surface area contributed by atoms with E-state index in [-0.39, 0.29) is 17.6 Å². The van der Waals surface area contributed by atoms with Crippen LogP contribution >= 0.6 is 0 Å². The third-order valence-corrected chi connectivity index (χ3v) is 2.67. The standard InChI is InChI=1S/C13H27N3O2.C2H6/c1-11(2)13(18)14-6-7-15(4)8-9-16(5)10-12(3)17;1-2/h11H,6-10H2,1-5H3,(H,14,18);1-2H3. The van der Waals surface area contributed by atoms with Crippen LogP contribution in [0.15, 0.2) is 0 Å². The molecule has 0 aliphatic rings.